The topological polar surface area (TPSA) is 34.9 Å². The molecule has 1 aromatic heterocycles. The molecule has 2 unspecified atom stereocenters. The number of aromatic nitrogens is 2. The molecule has 3 nitrogen and oxygen atoms in total. The second-order valence-electron chi connectivity index (χ2n) is 4.46. The van der Waals surface area contributed by atoms with E-state index in [0.717, 1.165) is 18.7 Å². The summed E-state index contributed by atoms with van der Waals surface area (Å²) >= 11 is 0. The second-order valence-corrected chi connectivity index (χ2v) is 4.46. The first-order valence-corrected chi connectivity index (χ1v) is 5.60. The lowest BCUT2D eigenvalue weighted by Crippen LogP contribution is -2.00. The maximum Gasteiger partial charge on any atom is 0.133 e. The van der Waals surface area contributed by atoms with Gasteiger partial charge in [0.1, 0.15) is 5.78 Å². The van der Waals surface area contributed by atoms with Crippen molar-refractivity contribution in [2.45, 2.75) is 46.6 Å². The molecule has 1 fully saturated rings. The van der Waals surface area contributed by atoms with Crippen LogP contribution in [0.2, 0.25) is 0 Å². The monoisotopic (exact) mass is 206 g/mol. The van der Waals surface area contributed by atoms with Gasteiger partial charge in [-0.15, -0.1) is 0 Å². The van der Waals surface area contributed by atoms with Gasteiger partial charge in [-0.25, -0.2) is 0 Å². The van der Waals surface area contributed by atoms with E-state index in [2.05, 4.69) is 18.9 Å². The average Bonchev–Trinajstić information content (AvgIpc) is 2.89. The van der Waals surface area contributed by atoms with Crippen molar-refractivity contribution in [2.75, 3.05) is 0 Å². The number of nitrogens with zero attached hydrogens (tertiary/aromatic N) is 2. The lowest BCUT2D eigenvalue weighted by Gasteiger charge is -2.01. The van der Waals surface area contributed by atoms with Crippen LogP contribution >= 0.6 is 0 Å². The number of ketones is 1. The van der Waals surface area contributed by atoms with Crippen molar-refractivity contribution < 1.29 is 4.79 Å². The molecule has 1 heterocycles. The molecule has 1 aliphatic carbocycles. The van der Waals surface area contributed by atoms with Gasteiger partial charge >= 0.3 is 0 Å². The zero-order valence-electron chi connectivity index (χ0n) is 9.87. The van der Waals surface area contributed by atoms with Crippen molar-refractivity contribution in [1.29, 1.82) is 0 Å². The van der Waals surface area contributed by atoms with Crippen LogP contribution in [-0.2, 0) is 11.3 Å². The van der Waals surface area contributed by atoms with Crippen LogP contribution in [0, 0.1) is 19.8 Å². The summed E-state index contributed by atoms with van der Waals surface area (Å²) in [5.74, 6) is 1.03. The standard InChI is InChI=1S/C12H18N2O/c1-5-14-8(3)12(7(2)13-14)11-6-10(11)9(4)15/h10-11H,5-6H2,1-4H3. The zero-order chi connectivity index (χ0) is 11.2. The van der Waals surface area contributed by atoms with Crippen molar-refractivity contribution in [3.63, 3.8) is 0 Å². The molecule has 2 atom stereocenters. The molecular weight excluding hydrogens is 188 g/mol. The van der Waals surface area contributed by atoms with Gasteiger partial charge in [-0.2, -0.15) is 5.10 Å². The fourth-order valence-electron chi connectivity index (χ4n) is 2.52. The predicted molar refractivity (Wildman–Crippen MR) is 58.9 cm³/mol. The highest BCUT2D eigenvalue weighted by atomic mass is 16.1. The van der Waals surface area contributed by atoms with Gasteiger partial charge in [0.05, 0.1) is 5.69 Å². The first-order valence-electron chi connectivity index (χ1n) is 5.60. The quantitative estimate of drug-likeness (QED) is 0.760. The summed E-state index contributed by atoms with van der Waals surface area (Å²) < 4.78 is 2.03. The normalized spacial score (nSPS) is 24.3. The summed E-state index contributed by atoms with van der Waals surface area (Å²) in [5.41, 5.74) is 3.66. The molecule has 0 amide bonds. The minimum Gasteiger partial charge on any atom is -0.300 e. The first kappa shape index (κ1) is 10.4. The van der Waals surface area contributed by atoms with Crippen LogP contribution in [0.25, 0.3) is 0 Å². The summed E-state index contributed by atoms with van der Waals surface area (Å²) in [6, 6.07) is 0. The summed E-state index contributed by atoms with van der Waals surface area (Å²) in [5, 5.41) is 4.49. The van der Waals surface area contributed by atoms with E-state index in [4.69, 9.17) is 0 Å². The summed E-state index contributed by atoms with van der Waals surface area (Å²) in [6.07, 6.45) is 1.02. The number of carbonyl (C=O) groups excluding carboxylic acids is 1. The third-order valence-electron chi connectivity index (χ3n) is 3.42. The van der Waals surface area contributed by atoms with Gasteiger partial charge in [0.25, 0.3) is 0 Å². The minimum absolute atomic E-state index is 0.261. The number of carbonyl (C=O) groups is 1. The van der Waals surface area contributed by atoms with E-state index in [1.54, 1.807) is 6.92 Å². The van der Waals surface area contributed by atoms with Crippen molar-refractivity contribution in [2.24, 2.45) is 5.92 Å². The van der Waals surface area contributed by atoms with Crippen LogP contribution in [0.5, 0.6) is 0 Å². The fraction of sp³-hybridized carbons (Fsp3) is 0.667. The van der Waals surface area contributed by atoms with E-state index in [-0.39, 0.29) is 5.92 Å². The molecular formula is C12H18N2O. The highest BCUT2D eigenvalue weighted by molar-refractivity contribution is 5.82. The van der Waals surface area contributed by atoms with Crippen molar-refractivity contribution in [1.82, 2.24) is 9.78 Å². The second kappa shape index (κ2) is 3.47. The van der Waals surface area contributed by atoms with Gasteiger partial charge in [-0.05, 0) is 45.6 Å². The Balaban J connectivity index is 2.30. The predicted octanol–water partition coefficient (Wildman–Crippen LogP) is 2.21. The van der Waals surface area contributed by atoms with Crippen molar-refractivity contribution in [3.05, 3.63) is 17.0 Å². The number of aryl methyl sites for hydroxylation is 2. The Morgan fingerprint density at radius 2 is 2.20 bits per heavy atom. The molecule has 0 bridgehead atoms. The van der Waals surface area contributed by atoms with Gasteiger partial charge in [0, 0.05) is 18.2 Å². The van der Waals surface area contributed by atoms with E-state index in [1.165, 1.54) is 11.3 Å². The number of hydrogen-bond acceptors (Lipinski definition) is 2. The van der Waals surface area contributed by atoms with Crippen LogP contribution in [0.4, 0.5) is 0 Å². The number of Topliss-reactive ketones (excluding diaryl/α,β-unsaturated/α-hetero) is 1. The minimum atomic E-state index is 0.261. The van der Waals surface area contributed by atoms with E-state index < -0.39 is 0 Å². The third kappa shape index (κ3) is 1.60. The number of rotatable bonds is 3. The Morgan fingerprint density at radius 1 is 1.53 bits per heavy atom. The highest BCUT2D eigenvalue weighted by Gasteiger charge is 2.44. The Hall–Kier alpha value is -1.12. The van der Waals surface area contributed by atoms with Crippen LogP contribution in [-0.4, -0.2) is 15.6 Å². The molecule has 1 saturated carbocycles. The van der Waals surface area contributed by atoms with E-state index in [1.807, 2.05) is 11.6 Å². The molecule has 3 heteroatoms. The largest absolute Gasteiger partial charge is 0.300 e. The van der Waals surface area contributed by atoms with Crippen LogP contribution in [0.1, 0.15) is 43.1 Å². The lowest BCUT2D eigenvalue weighted by molar-refractivity contribution is -0.118. The van der Waals surface area contributed by atoms with Gasteiger partial charge in [0.2, 0.25) is 0 Å². The molecule has 0 spiro atoms. The van der Waals surface area contributed by atoms with Crippen LogP contribution in [0.3, 0.4) is 0 Å². The molecule has 15 heavy (non-hydrogen) atoms. The van der Waals surface area contributed by atoms with Gasteiger partial charge < -0.3 is 0 Å². The van der Waals surface area contributed by atoms with Crippen LogP contribution < -0.4 is 0 Å². The lowest BCUT2D eigenvalue weighted by atomic mass is 10.1. The molecule has 0 saturated heterocycles. The Bertz CT molecular complexity index is 406. The third-order valence-corrected chi connectivity index (χ3v) is 3.42. The molecule has 1 aliphatic rings. The molecule has 82 valence electrons. The maximum atomic E-state index is 11.3. The van der Waals surface area contributed by atoms with E-state index in [9.17, 15) is 4.79 Å². The maximum absolute atomic E-state index is 11.3. The average molecular weight is 206 g/mol. The van der Waals surface area contributed by atoms with Gasteiger partial charge in [-0.3, -0.25) is 9.48 Å². The summed E-state index contributed by atoms with van der Waals surface area (Å²) in [4.78, 5) is 11.3. The molecule has 0 N–H and O–H groups in total. The highest BCUT2D eigenvalue weighted by Crippen LogP contribution is 2.49. The van der Waals surface area contributed by atoms with Crippen molar-refractivity contribution in [3.8, 4) is 0 Å². The van der Waals surface area contributed by atoms with Crippen LogP contribution in [0.15, 0.2) is 0 Å². The molecule has 0 radical (unpaired) electrons. The Labute approximate surface area is 90.5 Å². The molecule has 0 aromatic carbocycles. The van der Waals surface area contributed by atoms with Gasteiger partial charge in [0.15, 0.2) is 0 Å². The smallest absolute Gasteiger partial charge is 0.133 e. The molecule has 0 aliphatic heterocycles. The zero-order valence-corrected chi connectivity index (χ0v) is 9.87. The Morgan fingerprint density at radius 3 is 2.60 bits per heavy atom. The number of hydrogen-bond donors (Lipinski definition) is 0. The molecule has 1 aromatic rings. The summed E-state index contributed by atoms with van der Waals surface area (Å²) in [7, 11) is 0. The Kier molecular flexibility index (Phi) is 2.41. The van der Waals surface area contributed by atoms with E-state index >= 15 is 0 Å². The fourth-order valence-corrected chi connectivity index (χ4v) is 2.52. The van der Waals surface area contributed by atoms with Crippen molar-refractivity contribution >= 4 is 5.78 Å². The summed E-state index contributed by atoms with van der Waals surface area (Å²) in [6.45, 7) is 8.85. The SMILES string of the molecule is CCn1nc(C)c(C2CC2C(C)=O)c1C. The van der Waals surface area contributed by atoms with Gasteiger partial charge in [-0.1, -0.05) is 0 Å². The van der Waals surface area contributed by atoms with E-state index in [0.29, 0.717) is 11.7 Å². The molecule has 2 rings (SSSR count). The first-order chi connectivity index (χ1) is 7.06.